The van der Waals surface area contributed by atoms with Crippen LogP contribution >= 0.6 is 69.6 Å². The number of hydrogen-bond acceptors (Lipinski definition) is 6. The topological polar surface area (TPSA) is 128 Å². The second-order valence-electron chi connectivity index (χ2n) is 14.1. The molecule has 0 bridgehead atoms. The van der Waals surface area contributed by atoms with Gasteiger partial charge in [0.2, 0.25) is 11.8 Å². The van der Waals surface area contributed by atoms with Gasteiger partial charge in [-0.2, -0.15) is 10.2 Å². The van der Waals surface area contributed by atoms with E-state index in [1.165, 1.54) is 0 Å². The monoisotopic (exact) mass is 924 g/mol. The second kappa shape index (κ2) is 19.8. The number of carbonyl (C=O) groups is 4. The Morgan fingerprint density at radius 1 is 0.600 bits per heavy atom. The fourth-order valence-electron chi connectivity index (χ4n) is 6.37. The number of unbranched alkanes of at least 4 members (excludes halogenated alkanes) is 2. The molecule has 2 heterocycles. The maximum Gasteiger partial charge on any atom is 0.278 e. The van der Waals surface area contributed by atoms with Crippen molar-refractivity contribution in [2.45, 2.75) is 59.3 Å². The molecule has 0 atom stereocenters. The average molecular weight is 928 g/mol. The standard InChI is InChI=1S/C23H22Cl3N3O2.C21H16Cl3N3O2/c1-3-4-5-6-20(30)27-23(31)21-14(2)22(15-7-9-16(24)10-8-15)29(28-21)19-12-11-17(25)13-18(19)26;1-11-18(21(29)25-20(28)13-2-3-13)26-27(17-9-8-15(23)10-16(17)24)19(11)12-4-6-14(22)7-5-12/h7-13H,3-6H2,1-2H3,(H,27,30,31);4-10,13H,2-3H2,1H3,(H,25,28,29). The van der Waals surface area contributed by atoms with Crippen molar-refractivity contribution in [1.29, 1.82) is 0 Å². The molecule has 7 rings (SSSR count). The summed E-state index contributed by atoms with van der Waals surface area (Å²) in [5.41, 5.74) is 5.64. The van der Waals surface area contributed by atoms with Crippen molar-refractivity contribution in [3.05, 3.63) is 138 Å². The Labute approximate surface area is 377 Å². The Bertz CT molecular complexity index is 2580. The summed E-state index contributed by atoms with van der Waals surface area (Å²) in [7, 11) is 0. The summed E-state index contributed by atoms with van der Waals surface area (Å²) in [6.45, 7) is 5.63. The minimum absolute atomic E-state index is 0.0808. The predicted molar refractivity (Wildman–Crippen MR) is 239 cm³/mol. The Morgan fingerprint density at radius 2 is 1.02 bits per heavy atom. The molecule has 4 aromatic carbocycles. The largest absolute Gasteiger partial charge is 0.291 e. The van der Waals surface area contributed by atoms with E-state index in [1.54, 1.807) is 83.9 Å². The number of halogens is 6. The molecule has 1 aliphatic carbocycles. The molecule has 0 unspecified atom stereocenters. The molecule has 60 heavy (non-hydrogen) atoms. The van der Waals surface area contributed by atoms with Crippen LogP contribution in [0.2, 0.25) is 30.1 Å². The third-order valence-corrected chi connectivity index (χ3v) is 11.2. The summed E-state index contributed by atoms with van der Waals surface area (Å²) in [5, 5.41) is 16.8. The van der Waals surface area contributed by atoms with Crippen LogP contribution in [0.15, 0.2) is 84.9 Å². The fourth-order valence-corrected chi connectivity index (χ4v) is 7.60. The van der Waals surface area contributed by atoms with Crippen molar-refractivity contribution < 1.29 is 19.2 Å². The van der Waals surface area contributed by atoms with Gasteiger partial charge < -0.3 is 0 Å². The van der Waals surface area contributed by atoms with Gasteiger partial charge in [-0.1, -0.05) is 114 Å². The number of carbonyl (C=O) groups excluding carboxylic acids is 4. The summed E-state index contributed by atoms with van der Waals surface area (Å²) in [5.74, 6) is -1.73. The normalized spacial score (nSPS) is 12.1. The smallest absolute Gasteiger partial charge is 0.278 e. The Hall–Kier alpha value is -4.68. The zero-order valence-corrected chi connectivity index (χ0v) is 37.1. The SMILES string of the molecule is CCCCCC(=O)NC(=O)c1nn(-c2ccc(Cl)cc2Cl)c(-c2ccc(Cl)cc2)c1C.Cc1c(C(=O)NC(=O)C2CC2)nn(-c2ccc(Cl)cc2Cl)c1-c1ccc(Cl)cc1. The third kappa shape index (κ3) is 10.6. The molecule has 0 spiro atoms. The van der Waals surface area contributed by atoms with Crippen molar-refractivity contribution in [3.8, 4) is 33.9 Å². The van der Waals surface area contributed by atoms with Crippen molar-refractivity contribution in [1.82, 2.24) is 30.2 Å². The van der Waals surface area contributed by atoms with E-state index >= 15 is 0 Å². The first kappa shape index (κ1) is 44.9. The first-order valence-corrected chi connectivity index (χ1v) is 21.2. The lowest BCUT2D eigenvalue weighted by Gasteiger charge is -2.11. The number of benzene rings is 4. The van der Waals surface area contributed by atoms with Crippen molar-refractivity contribution in [3.63, 3.8) is 0 Å². The van der Waals surface area contributed by atoms with E-state index in [0.717, 1.165) is 43.2 Å². The number of nitrogens with one attached hydrogen (secondary N) is 2. The zero-order chi connectivity index (χ0) is 43.2. The highest BCUT2D eigenvalue weighted by Crippen LogP contribution is 2.35. The molecule has 0 saturated heterocycles. The molecule has 1 saturated carbocycles. The zero-order valence-electron chi connectivity index (χ0n) is 32.6. The highest BCUT2D eigenvalue weighted by atomic mass is 35.5. The minimum atomic E-state index is -0.543. The summed E-state index contributed by atoms with van der Waals surface area (Å²) in [6, 6.07) is 24.5. The van der Waals surface area contributed by atoms with Gasteiger partial charge in [0.1, 0.15) is 0 Å². The summed E-state index contributed by atoms with van der Waals surface area (Å²) in [6.07, 6.45) is 4.58. The maximum atomic E-state index is 12.8. The van der Waals surface area contributed by atoms with Crippen LogP contribution in [-0.2, 0) is 9.59 Å². The maximum absolute atomic E-state index is 12.8. The van der Waals surface area contributed by atoms with Crippen LogP contribution in [-0.4, -0.2) is 43.2 Å². The molecule has 1 fully saturated rings. The molecule has 10 nitrogen and oxygen atoms in total. The summed E-state index contributed by atoms with van der Waals surface area (Å²) >= 11 is 37.0. The molecule has 0 aliphatic heterocycles. The van der Waals surface area contributed by atoms with Crippen LogP contribution in [0, 0.1) is 19.8 Å². The third-order valence-electron chi connectivity index (χ3n) is 9.63. The molecule has 0 radical (unpaired) electrons. The average Bonchev–Trinajstić information content (AvgIpc) is 3.93. The molecule has 1 aliphatic rings. The van der Waals surface area contributed by atoms with Gasteiger partial charge in [-0.25, -0.2) is 9.36 Å². The van der Waals surface area contributed by atoms with E-state index in [-0.39, 0.29) is 29.1 Å². The first-order valence-electron chi connectivity index (χ1n) is 19.0. The van der Waals surface area contributed by atoms with Crippen molar-refractivity contribution >= 4 is 93.2 Å². The lowest BCUT2D eigenvalue weighted by Crippen LogP contribution is -2.32. The highest BCUT2D eigenvalue weighted by Gasteiger charge is 2.32. The highest BCUT2D eigenvalue weighted by molar-refractivity contribution is 6.36. The molecule has 2 N–H and O–H groups in total. The number of imide groups is 2. The lowest BCUT2D eigenvalue weighted by molar-refractivity contribution is -0.121. The molecular formula is C44H38Cl6N6O4. The minimum Gasteiger partial charge on any atom is -0.291 e. The van der Waals surface area contributed by atoms with Gasteiger partial charge in [0, 0.05) is 54.7 Å². The van der Waals surface area contributed by atoms with E-state index in [9.17, 15) is 19.2 Å². The Kier molecular flexibility index (Phi) is 14.8. The van der Waals surface area contributed by atoms with E-state index in [1.807, 2.05) is 24.3 Å². The van der Waals surface area contributed by atoms with Crippen LogP contribution in [0.25, 0.3) is 33.9 Å². The summed E-state index contributed by atoms with van der Waals surface area (Å²) < 4.78 is 3.18. The van der Waals surface area contributed by atoms with Crippen LogP contribution < -0.4 is 10.6 Å². The van der Waals surface area contributed by atoms with Gasteiger partial charge in [0.05, 0.1) is 32.8 Å². The van der Waals surface area contributed by atoms with Gasteiger partial charge in [0.25, 0.3) is 11.8 Å². The van der Waals surface area contributed by atoms with Gasteiger partial charge in [-0.05, 0) is 93.8 Å². The second-order valence-corrected chi connectivity index (χ2v) is 16.7. The van der Waals surface area contributed by atoms with Gasteiger partial charge in [0.15, 0.2) is 11.4 Å². The van der Waals surface area contributed by atoms with Crippen LogP contribution in [0.5, 0.6) is 0 Å². The first-order chi connectivity index (χ1) is 28.7. The van der Waals surface area contributed by atoms with Crippen LogP contribution in [0.3, 0.4) is 0 Å². The molecule has 2 aromatic heterocycles. The van der Waals surface area contributed by atoms with Gasteiger partial charge in [-0.15, -0.1) is 0 Å². The van der Waals surface area contributed by atoms with E-state index < -0.39 is 11.8 Å². The molecular weight excluding hydrogens is 889 g/mol. The predicted octanol–water partition coefficient (Wildman–Crippen LogP) is 12.1. The number of aromatic nitrogens is 4. The molecule has 16 heteroatoms. The molecule has 310 valence electrons. The summed E-state index contributed by atoms with van der Waals surface area (Å²) in [4.78, 5) is 49.8. The fraction of sp³-hybridized carbons (Fsp3) is 0.227. The van der Waals surface area contributed by atoms with Crippen molar-refractivity contribution in [2.75, 3.05) is 0 Å². The molecule has 4 amide bonds. The lowest BCUT2D eigenvalue weighted by atomic mass is 10.1. The van der Waals surface area contributed by atoms with Crippen LogP contribution in [0.4, 0.5) is 0 Å². The number of hydrogen-bond donors (Lipinski definition) is 2. The molecule has 6 aromatic rings. The number of rotatable bonds is 11. The Balaban J connectivity index is 0.000000202. The Morgan fingerprint density at radius 3 is 1.42 bits per heavy atom. The van der Waals surface area contributed by atoms with Gasteiger partial charge >= 0.3 is 0 Å². The van der Waals surface area contributed by atoms with E-state index in [4.69, 9.17) is 69.6 Å². The van der Waals surface area contributed by atoms with Gasteiger partial charge in [-0.3, -0.25) is 29.8 Å². The quantitative estimate of drug-likeness (QED) is 0.0984. The van der Waals surface area contributed by atoms with Crippen molar-refractivity contribution in [2.24, 2.45) is 5.92 Å². The number of amides is 4. The number of nitrogens with zero attached hydrogens (tertiary/aromatic N) is 4. The van der Waals surface area contributed by atoms with E-state index in [0.29, 0.717) is 70.4 Å². The van der Waals surface area contributed by atoms with E-state index in [2.05, 4.69) is 27.8 Å². The van der Waals surface area contributed by atoms with Crippen LogP contribution in [0.1, 0.15) is 77.6 Å².